The fourth-order valence-corrected chi connectivity index (χ4v) is 1.44. The monoisotopic (exact) mass is 255 g/mol. The van der Waals surface area contributed by atoms with E-state index in [1.807, 2.05) is 13.8 Å². The van der Waals surface area contributed by atoms with Crippen molar-refractivity contribution in [3.05, 3.63) is 29.8 Å². The Balaban J connectivity index is 2.40. The molecule has 1 aromatic rings. The highest BCUT2D eigenvalue weighted by Gasteiger charge is 2.11. The van der Waals surface area contributed by atoms with Crippen LogP contribution < -0.4 is 5.32 Å². The summed E-state index contributed by atoms with van der Waals surface area (Å²) in [4.78, 5) is 11.6. The van der Waals surface area contributed by atoms with Crippen LogP contribution in [0.15, 0.2) is 24.3 Å². The number of carbonyl (C=O) groups is 1. The molecule has 2 N–H and O–H groups in total. The molecular formula is C13H18ClNO2. The molecule has 0 fully saturated rings. The molecule has 0 aliphatic rings. The Morgan fingerprint density at radius 3 is 2.76 bits per heavy atom. The van der Waals surface area contributed by atoms with Crippen molar-refractivity contribution in [1.82, 2.24) is 5.32 Å². The van der Waals surface area contributed by atoms with Gasteiger partial charge >= 0.3 is 0 Å². The second-order valence-corrected chi connectivity index (χ2v) is 4.97. The fourth-order valence-electron chi connectivity index (χ4n) is 1.36. The van der Waals surface area contributed by atoms with Gasteiger partial charge in [0.25, 0.3) is 0 Å². The van der Waals surface area contributed by atoms with Crippen molar-refractivity contribution < 1.29 is 9.90 Å². The zero-order valence-corrected chi connectivity index (χ0v) is 10.9. The second kappa shape index (κ2) is 6.50. The summed E-state index contributed by atoms with van der Waals surface area (Å²) in [7, 11) is 0. The van der Waals surface area contributed by atoms with Gasteiger partial charge in [0, 0.05) is 6.54 Å². The normalized spacial score (nSPS) is 12.5. The van der Waals surface area contributed by atoms with E-state index >= 15 is 0 Å². The SMILES string of the molecule is CC(C)C(Cl)CNC(=O)Cc1cccc(O)c1. The Hall–Kier alpha value is -1.22. The van der Waals surface area contributed by atoms with Crippen LogP contribution in [-0.4, -0.2) is 22.9 Å². The van der Waals surface area contributed by atoms with Crippen LogP contribution in [0.4, 0.5) is 0 Å². The smallest absolute Gasteiger partial charge is 0.224 e. The van der Waals surface area contributed by atoms with E-state index in [2.05, 4.69) is 5.32 Å². The molecule has 0 saturated carbocycles. The number of carbonyl (C=O) groups excluding carboxylic acids is 1. The molecule has 0 heterocycles. The first kappa shape index (κ1) is 13.8. The van der Waals surface area contributed by atoms with E-state index in [1.165, 1.54) is 0 Å². The molecule has 4 heteroatoms. The molecule has 1 unspecified atom stereocenters. The van der Waals surface area contributed by atoms with Crippen LogP contribution in [0.25, 0.3) is 0 Å². The summed E-state index contributed by atoms with van der Waals surface area (Å²) in [5.74, 6) is 0.423. The molecule has 1 amide bonds. The fraction of sp³-hybridized carbons (Fsp3) is 0.462. The largest absolute Gasteiger partial charge is 0.508 e. The maximum atomic E-state index is 11.6. The van der Waals surface area contributed by atoms with Gasteiger partial charge in [0.15, 0.2) is 0 Å². The van der Waals surface area contributed by atoms with E-state index in [1.54, 1.807) is 24.3 Å². The van der Waals surface area contributed by atoms with Crippen molar-refractivity contribution in [3.63, 3.8) is 0 Å². The van der Waals surface area contributed by atoms with E-state index in [0.29, 0.717) is 12.5 Å². The van der Waals surface area contributed by atoms with Gasteiger partial charge in [-0.15, -0.1) is 11.6 Å². The Labute approximate surface area is 107 Å². The van der Waals surface area contributed by atoms with E-state index < -0.39 is 0 Å². The van der Waals surface area contributed by atoms with Crippen LogP contribution in [0.1, 0.15) is 19.4 Å². The molecule has 1 aromatic carbocycles. The molecule has 0 saturated heterocycles. The first-order valence-electron chi connectivity index (χ1n) is 5.67. The van der Waals surface area contributed by atoms with E-state index in [-0.39, 0.29) is 23.5 Å². The van der Waals surface area contributed by atoms with E-state index in [4.69, 9.17) is 11.6 Å². The number of halogens is 1. The zero-order valence-electron chi connectivity index (χ0n) is 10.1. The maximum absolute atomic E-state index is 11.6. The van der Waals surface area contributed by atoms with Gasteiger partial charge in [-0.05, 0) is 23.6 Å². The molecule has 94 valence electrons. The lowest BCUT2D eigenvalue weighted by Crippen LogP contribution is -2.32. The molecule has 0 aliphatic heterocycles. The number of phenols is 1. The van der Waals surface area contributed by atoms with Crippen molar-refractivity contribution >= 4 is 17.5 Å². The standard InChI is InChI=1S/C13H18ClNO2/c1-9(2)12(14)8-15-13(17)7-10-4-3-5-11(16)6-10/h3-6,9,12,16H,7-8H2,1-2H3,(H,15,17). The topological polar surface area (TPSA) is 49.3 Å². The Morgan fingerprint density at radius 1 is 1.47 bits per heavy atom. The van der Waals surface area contributed by atoms with Crippen LogP contribution in [0.2, 0.25) is 0 Å². The Bertz CT molecular complexity index is 379. The lowest BCUT2D eigenvalue weighted by Gasteiger charge is -2.14. The first-order valence-corrected chi connectivity index (χ1v) is 6.11. The predicted molar refractivity (Wildman–Crippen MR) is 69.3 cm³/mol. The van der Waals surface area contributed by atoms with Crippen LogP contribution >= 0.6 is 11.6 Å². The molecule has 1 atom stereocenters. The molecule has 0 aromatic heterocycles. The Kier molecular flexibility index (Phi) is 5.29. The number of hydrogen-bond acceptors (Lipinski definition) is 2. The van der Waals surface area contributed by atoms with Crippen LogP contribution in [0.5, 0.6) is 5.75 Å². The summed E-state index contributed by atoms with van der Waals surface area (Å²) in [6.07, 6.45) is 0.260. The van der Waals surface area contributed by atoms with Gasteiger partial charge in [0.05, 0.1) is 11.8 Å². The van der Waals surface area contributed by atoms with Gasteiger partial charge in [-0.25, -0.2) is 0 Å². The average molecular weight is 256 g/mol. The summed E-state index contributed by atoms with van der Waals surface area (Å²) in [5, 5.41) is 12.0. The molecule has 3 nitrogen and oxygen atoms in total. The van der Waals surface area contributed by atoms with Gasteiger partial charge in [-0.3, -0.25) is 4.79 Å². The van der Waals surface area contributed by atoms with Crippen molar-refractivity contribution in [2.45, 2.75) is 25.6 Å². The molecule has 0 aliphatic carbocycles. The van der Waals surface area contributed by atoms with Gasteiger partial charge < -0.3 is 10.4 Å². The van der Waals surface area contributed by atoms with Gasteiger partial charge in [-0.2, -0.15) is 0 Å². The third-order valence-corrected chi connectivity index (χ3v) is 3.15. The molecular weight excluding hydrogens is 238 g/mol. The predicted octanol–water partition coefficient (Wildman–Crippen LogP) is 2.31. The van der Waals surface area contributed by atoms with E-state index in [0.717, 1.165) is 5.56 Å². The second-order valence-electron chi connectivity index (χ2n) is 4.41. The van der Waals surface area contributed by atoms with Crippen LogP contribution in [0.3, 0.4) is 0 Å². The number of benzene rings is 1. The molecule has 0 spiro atoms. The number of phenolic OH excluding ortho intramolecular Hbond substituents is 1. The summed E-state index contributed by atoms with van der Waals surface area (Å²) in [6, 6.07) is 6.69. The third kappa shape index (κ3) is 5.09. The van der Waals surface area contributed by atoms with E-state index in [9.17, 15) is 9.90 Å². The summed E-state index contributed by atoms with van der Waals surface area (Å²) >= 11 is 6.03. The Morgan fingerprint density at radius 2 is 2.18 bits per heavy atom. The lowest BCUT2D eigenvalue weighted by molar-refractivity contribution is -0.120. The lowest BCUT2D eigenvalue weighted by atomic mass is 10.1. The van der Waals surface area contributed by atoms with Crippen LogP contribution in [0, 0.1) is 5.92 Å². The number of rotatable bonds is 5. The summed E-state index contributed by atoms with van der Waals surface area (Å²) in [5.41, 5.74) is 0.790. The van der Waals surface area contributed by atoms with Gasteiger partial charge in [0.1, 0.15) is 5.75 Å². The average Bonchev–Trinajstić information content (AvgIpc) is 2.25. The van der Waals surface area contributed by atoms with Crippen molar-refractivity contribution in [1.29, 1.82) is 0 Å². The van der Waals surface area contributed by atoms with Crippen molar-refractivity contribution in [2.75, 3.05) is 6.54 Å². The summed E-state index contributed by atoms with van der Waals surface area (Å²) in [6.45, 7) is 4.50. The molecule has 17 heavy (non-hydrogen) atoms. The number of alkyl halides is 1. The van der Waals surface area contributed by atoms with Crippen LogP contribution in [-0.2, 0) is 11.2 Å². The number of hydrogen-bond donors (Lipinski definition) is 2. The highest BCUT2D eigenvalue weighted by atomic mass is 35.5. The zero-order chi connectivity index (χ0) is 12.8. The quantitative estimate of drug-likeness (QED) is 0.794. The van der Waals surface area contributed by atoms with Gasteiger partial charge in [-0.1, -0.05) is 26.0 Å². The number of amides is 1. The maximum Gasteiger partial charge on any atom is 0.224 e. The highest BCUT2D eigenvalue weighted by molar-refractivity contribution is 6.21. The first-order chi connectivity index (χ1) is 7.99. The molecule has 0 bridgehead atoms. The minimum atomic E-state index is -0.0816. The minimum absolute atomic E-state index is 0.0527. The molecule has 0 radical (unpaired) electrons. The highest BCUT2D eigenvalue weighted by Crippen LogP contribution is 2.11. The van der Waals surface area contributed by atoms with Crippen molar-refractivity contribution in [2.24, 2.45) is 5.92 Å². The van der Waals surface area contributed by atoms with Crippen molar-refractivity contribution in [3.8, 4) is 5.75 Å². The molecule has 1 rings (SSSR count). The number of nitrogens with one attached hydrogen (secondary N) is 1. The summed E-state index contributed by atoms with van der Waals surface area (Å²) < 4.78 is 0. The number of aromatic hydroxyl groups is 1. The van der Waals surface area contributed by atoms with Gasteiger partial charge in [0.2, 0.25) is 5.91 Å². The minimum Gasteiger partial charge on any atom is -0.508 e. The third-order valence-electron chi connectivity index (χ3n) is 2.49.